The van der Waals surface area contributed by atoms with Crippen LogP contribution in [0.2, 0.25) is 0 Å². The molecule has 186 valence electrons. The summed E-state index contributed by atoms with van der Waals surface area (Å²) in [4.78, 5) is 29.7. The molecule has 7 nitrogen and oxygen atoms in total. The van der Waals surface area contributed by atoms with Gasteiger partial charge in [-0.3, -0.25) is 4.79 Å². The highest BCUT2D eigenvalue weighted by Crippen LogP contribution is 2.35. The fourth-order valence-corrected chi connectivity index (χ4v) is 4.69. The van der Waals surface area contributed by atoms with E-state index >= 15 is 0 Å². The third-order valence-corrected chi connectivity index (χ3v) is 6.77. The lowest BCUT2D eigenvalue weighted by Crippen LogP contribution is -2.55. The Kier molecular flexibility index (Phi) is 8.13. The molecule has 1 aromatic rings. The minimum atomic E-state index is -3.22. The minimum absolute atomic E-state index is 0.172. The number of nitrogens with zero attached hydrogens (tertiary/aromatic N) is 3. The monoisotopic (exact) mass is 475 g/mol. The highest BCUT2D eigenvalue weighted by atomic mass is 19.3. The first-order valence-electron chi connectivity index (χ1n) is 11.9. The summed E-state index contributed by atoms with van der Waals surface area (Å²) in [5.74, 6) is -3.68. The first-order valence-corrected chi connectivity index (χ1v) is 11.9. The third-order valence-electron chi connectivity index (χ3n) is 6.77. The number of likely N-dealkylation sites (tertiary alicyclic amines) is 1. The van der Waals surface area contributed by atoms with Crippen LogP contribution in [-0.4, -0.2) is 72.5 Å². The Morgan fingerprint density at radius 3 is 2.50 bits per heavy atom. The SMILES string of the molecule is CCCC1CN(C(=O)N[C@@H](CC(F)(F)Cc2ccccc2)C(=O)NC2(C#N)CC2)CC1N(C)C. The van der Waals surface area contributed by atoms with E-state index in [1.54, 1.807) is 35.2 Å². The number of rotatable bonds is 10. The largest absolute Gasteiger partial charge is 0.336 e. The first kappa shape index (κ1) is 25.9. The van der Waals surface area contributed by atoms with Gasteiger partial charge in [0.15, 0.2) is 0 Å². The average molecular weight is 476 g/mol. The molecule has 1 aliphatic carbocycles. The maximum Gasteiger partial charge on any atom is 0.318 e. The van der Waals surface area contributed by atoms with E-state index in [4.69, 9.17) is 0 Å². The lowest BCUT2D eigenvalue weighted by atomic mass is 9.98. The lowest BCUT2D eigenvalue weighted by Gasteiger charge is -2.27. The van der Waals surface area contributed by atoms with Gasteiger partial charge >= 0.3 is 6.03 Å². The van der Waals surface area contributed by atoms with Crippen LogP contribution in [0.25, 0.3) is 0 Å². The second-order valence-corrected chi connectivity index (χ2v) is 9.89. The van der Waals surface area contributed by atoms with E-state index in [1.165, 1.54) is 0 Å². The number of hydrogen-bond donors (Lipinski definition) is 2. The summed E-state index contributed by atoms with van der Waals surface area (Å²) in [6.45, 7) is 3.08. The number of nitrogens with one attached hydrogen (secondary N) is 2. The summed E-state index contributed by atoms with van der Waals surface area (Å²) in [7, 11) is 3.93. The van der Waals surface area contributed by atoms with Crippen molar-refractivity contribution in [3.8, 4) is 6.07 Å². The van der Waals surface area contributed by atoms with Crippen molar-refractivity contribution in [1.29, 1.82) is 5.26 Å². The van der Waals surface area contributed by atoms with Crippen LogP contribution in [-0.2, 0) is 11.2 Å². The van der Waals surface area contributed by atoms with Gasteiger partial charge in [0, 0.05) is 32.0 Å². The lowest BCUT2D eigenvalue weighted by molar-refractivity contribution is -0.126. The van der Waals surface area contributed by atoms with Crippen molar-refractivity contribution < 1.29 is 18.4 Å². The van der Waals surface area contributed by atoms with E-state index in [1.807, 2.05) is 20.2 Å². The summed E-state index contributed by atoms with van der Waals surface area (Å²) in [5, 5.41) is 14.5. The molecule has 1 aliphatic heterocycles. The molecule has 34 heavy (non-hydrogen) atoms. The molecular weight excluding hydrogens is 440 g/mol. The van der Waals surface area contributed by atoms with E-state index in [2.05, 4.69) is 22.5 Å². The molecular formula is C25H35F2N5O2. The maximum absolute atomic E-state index is 15.0. The molecule has 0 aromatic heterocycles. The van der Waals surface area contributed by atoms with Gasteiger partial charge in [0.25, 0.3) is 5.92 Å². The van der Waals surface area contributed by atoms with Crippen molar-refractivity contribution in [3.63, 3.8) is 0 Å². The molecule has 3 amide bonds. The van der Waals surface area contributed by atoms with Crippen LogP contribution < -0.4 is 10.6 Å². The summed E-state index contributed by atoms with van der Waals surface area (Å²) >= 11 is 0. The van der Waals surface area contributed by atoms with Gasteiger partial charge in [0.1, 0.15) is 11.6 Å². The molecule has 1 saturated heterocycles. The van der Waals surface area contributed by atoms with Crippen LogP contribution in [0.1, 0.15) is 44.6 Å². The van der Waals surface area contributed by atoms with Crippen LogP contribution in [0.15, 0.2) is 30.3 Å². The fraction of sp³-hybridized carbons (Fsp3) is 0.640. The Balaban J connectivity index is 1.72. The first-order chi connectivity index (χ1) is 16.1. The number of urea groups is 1. The summed E-state index contributed by atoms with van der Waals surface area (Å²) in [5.41, 5.74) is -0.561. The highest BCUT2D eigenvalue weighted by molar-refractivity contribution is 5.88. The molecule has 0 radical (unpaired) electrons. The number of halogens is 2. The summed E-state index contributed by atoms with van der Waals surface area (Å²) in [6, 6.07) is 8.57. The standard InChI is InChI=1S/C25H35F2N5O2/c1-4-8-19-15-32(16-21(19)31(2)3)23(34)29-20(22(33)30-24(17-28)11-12-24)14-25(26,27)13-18-9-6-5-7-10-18/h5-7,9-10,19-21H,4,8,11-16H2,1-3H3,(H,29,34)(H,30,33)/t19?,20-,21?/m0/s1. The second-order valence-electron chi connectivity index (χ2n) is 9.89. The van der Waals surface area contributed by atoms with E-state index in [9.17, 15) is 23.6 Å². The third kappa shape index (κ3) is 6.66. The number of likely N-dealkylation sites (N-methyl/N-ethyl adjacent to an activating group) is 1. The Labute approximate surface area is 200 Å². The van der Waals surface area contributed by atoms with Gasteiger partial charge in [-0.25, -0.2) is 13.6 Å². The number of alkyl halides is 2. The van der Waals surface area contributed by atoms with E-state index in [-0.39, 0.29) is 12.0 Å². The average Bonchev–Trinajstić information content (AvgIpc) is 3.42. The second kappa shape index (κ2) is 10.7. The van der Waals surface area contributed by atoms with Gasteiger partial charge in [-0.05, 0) is 44.8 Å². The fourth-order valence-electron chi connectivity index (χ4n) is 4.69. The predicted octanol–water partition coefficient (Wildman–Crippen LogP) is 3.17. The molecule has 2 aliphatic rings. The van der Waals surface area contributed by atoms with Crippen molar-refractivity contribution in [1.82, 2.24) is 20.4 Å². The predicted molar refractivity (Wildman–Crippen MR) is 125 cm³/mol. The Morgan fingerprint density at radius 1 is 1.26 bits per heavy atom. The van der Waals surface area contributed by atoms with Crippen molar-refractivity contribution in [2.75, 3.05) is 27.2 Å². The van der Waals surface area contributed by atoms with Crippen LogP contribution in [0.3, 0.4) is 0 Å². The van der Waals surface area contributed by atoms with Crippen LogP contribution >= 0.6 is 0 Å². The zero-order chi connectivity index (χ0) is 24.9. The molecule has 1 saturated carbocycles. The van der Waals surface area contributed by atoms with Crippen molar-refractivity contribution in [3.05, 3.63) is 35.9 Å². The molecule has 0 bridgehead atoms. The number of benzene rings is 1. The van der Waals surface area contributed by atoms with Gasteiger partial charge in [-0.1, -0.05) is 43.7 Å². The number of carbonyl (C=O) groups is 2. The normalized spacial score (nSPS) is 22.2. The number of hydrogen-bond acceptors (Lipinski definition) is 4. The number of carbonyl (C=O) groups excluding carboxylic acids is 2. The smallest absolute Gasteiger partial charge is 0.318 e. The van der Waals surface area contributed by atoms with Crippen molar-refractivity contribution in [2.45, 2.75) is 69.0 Å². The van der Waals surface area contributed by atoms with Gasteiger partial charge in [0.2, 0.25) is 5.91 Å². The molecule has 1 heterocycles. The quantitative estimate of drug-likeness (QED) is 0.544. The van der Waals surface area contributed by atoms with Crippen molar-refractivity contribution in [2.24, 2.45) is 5.92 Å². The highest BCUT2D eigenvalue weighted by Gasteiger charge is 2.47. The van der Waals surface area contributed by atoms with Crippen LogP contribution in [0.4, 0.5) is 13.6 Å². The zero-order valence-corrected chi connectivity index (χ0v) is 20.2. The summed E-state index contributed by atoms with van der Waals surface area (Å²) in [6.07, 6.45) is 1.51. The topological polar surface area (TPSA) is 88.5 Å². The van der Waals surface area contributed by atoms with Gasteiger partial charge in [-0.15, -0.1) is 0 Å². The van der Waals surface area contributed by atoms with Crippen LogP contribution in [0, 0.1) is 17.2 Å². The molecule has 3 atom stereocenters. The number of amides is 3. The van der Waals surface area contributed by atoms with E-state index in [0.29, 0.717) is 31.5 Å². The molecule has 3 rings (SSSR count). The van der Waals surface area contributed by atoms with Crippen molar-refractivity contribution >= 4 is 11.9 Å². The van der Waals surface area contributed by atoms with Crippen LogP contribution in [0.5, 0.6) is 0 Å². The molecule has 9 heteroatoms. The molecule has 1 aromatic carbocycles. The van der Waals surface area contributed by atoms with E-state index in [0.717, 1.165) is 12.8 Å². The molecule has 2 fully saturated rings. The zero-order valence-electron chi connectivity index (χ0n) is 20.2. The van der Waals surface area contributed by atoms with Gasteiger partial charge in [-0.2, -0.15) is 5.26 Å². The summed E-state index contributed by atoms with van der Waals surface area (Å²) < 4.78 is 30.0. The molecule has 2 unspecified atom stereocenters. The molecule has 2 N–H and O–H groups in total. The minimum Gasteiger partial charge on any atom is -0.336 e. The Bertz CT molecular complexity index is 898. The Hall–Kier alpha value is -2.73. The van der Waals surface area contributed by atoms with E-state index < -0.39 is 42.3 Å². The maximum atomic E-state index is 15.0. The van der Waals surface area contributed by atoms with Gasteiger partial charge < -0.3 is 20.4 Å². The number of nitriles is 1. The van der Waals surface area contributed by atoms with Gasteiger partial charge in [0.05, 0.1) is 6.07 Å². The Morgan fingerprint density at radius 2 is 1.94 bits per heavy atom. The molecule has 0 spiro atoms.